The Balaban J connectivity index is 1.29. The number of nitrogens with one attached hydrogen (secondary N) is 2. The minimum Gasteiger partial charge on any atom is -0.494 e. The van der Waals surface area contributed by atoms with Crippen LogP contribution in [0, 0.1) is 0 Å². The molecule has 1 amide bonds. The van der Waals surface area contributed by atoms with Crippen LogP contribution in [0.2, 0.25) is 4.34 Å². The van der Waals surface area contributed by atoms with E-state index in [9.17, 15) is 9.90 Å². The second kappa shape index (κ2) is 9.29. The van der Waals surface area contributed by atoms with Gasteiger partial charge in [-0.25, -0.2) is 0 Å². The van der Waals surface area contributed by atoms with Crippen molar-refractivity contribution in [1.29, 1.82) is 0 Å². The molecule has 0 saturated heterocycles. The summed E-state index contributed by atoms with van der Waals surface area (Å²) in [7, 11) is 0. The fraction of sp³-hybridized carbons (Fsp3) is 0.200. The molecule has 1 aliphatic rings. The Kier molecular flexibility index (Phi) is 6.07. The first-order chi connectivity index (χ1) is 16.1. The van der Waals surface area contributed by atoms with Crippen molar-refractivity contribution in [3.8, 4) is 5.88 Å². The number of rotatable bonds is 7. The number of anilines is 1. The molecule has 3 heterocycles. The molecule has 2 aromatic carbocycles. The molecule has 5 rings (SSSR count). The van der Waals surface area contributed by atoms with Crippen LogP contribution in [-0.4, -0.2) is 34.5 Å². The van der Waals surface area contributed by atoms with E-state index >= 15 is 0 Å². The van der Waals surface area contributed by atoms with Gasteiger partial charge in [-0.15, -0.1) is 11.3 Å². The van der Waals surface area contributed by atoms with Gasteiger partial charge in [0.05, 0.1) is 21.4 Å². The van der Waals surface area contributed by atoms with Gasteiger partial charge >= 0.3 is 0 Å². The highest BCUT2D eigenvalue weighted by Crippen LogP contribution is 2.33. The van der Waals surface area contributed by atoms with E-state index in [0.29, 0.717) is 26.8 Å². The van der Waals surface area contributed by atoms with Crippen molar-refractivity contribution in [2.24, 2.45) is 4.99 Å². The number of aromatic hydroxyl groups is 1. The van der Waals surface area contributed by atoms with Crippen LogP contribution in [0.25, 0.3) is 10.8 Å². The summed E-state index contributed by atoms with van der Waals surface area (Å²) in [4.78, 5) is 17.6. The molecule has 168 valence electrons. The quantitative estimate of drug-likeness (QED) is 0.345. The molecule has 0 radical (unpaired) electrons. The number of halogens is 1. The Morgan fingerprint density at radius 2 is 1.94 bits per heavy atom. The van der Waals surface area contributed by atoms with Gasteiger partial charge in [0.15, 0.2) is 5.88 Å². The van der Waals surface area contributed by atoms with E-state index in [4.69, 9.17) is 11.6 Å². The fourth-order valence-corrected chi connectivity index (χ4v) is 4.94. The van der Waals surface area contributed by atoms with Gasteiger partial charge in [0, 0.05) is 36.5 Å². The van der Waals surface area contributed by atoms with E-state index in [-0.39, 0.29) is 11.8 Å². The molecule has 6 nitrogen and oxygen atoms in total. The zero-order valence-corrected chi connectivity index (χ0v) is 19.4. The van der Waals surface area contributed by atoms with Crippen LogP contribution >= 0.6 is 22.9 Å². The largest absolute Gasteiger partial charge is 0.494 e. The Bertz CT molecular complexity index is 1340. The molecule has 0 atom stereocenters. The van der Waals surface area contributed by atoms with Crippen molar-refractivity contribution in [3.63, 3.8) is 0 Å². The molecule has 1 aliphatic heterocycles. The van der Waals surface area contributed by atoms with E-state index in [0.717, 1.165) is 37.2 Å². The molecule has 4 aromatic rings. The van der Waals surface area contributed by atoms with Crippen LogP contribution in [-0.2, 0) is 19.4 Å². The van der Waals surface area contributed by atoms with Gasteiger partial charge in [-0.1, -0.05) is 41.9 Å². The molecule has 0 saturated carbocycles. The average Bonchev–Trinajstić information content (AvgIpc) is 3.55. The number of carbonyl (C=O) groups excluding carboxylic acids is 1. The normalized spacial score (nSPS) is 13.2. The SMILES string of the molecule is O=C(Nc1cccc2c(O)n(CCc3ccc(CC4=NCCN4)cc3)cc12)c1ccc(Cl)s1. The third-order valence-electron chi connectivity index (χ3n) is 5.73. The molecule has 33 heavy (non-hydrogen) atoms. The fourth-order valence-electron chi connectivity index (χ4n) is 4.00. The Morgan fingerprint density at radius 3 is 2.67 bits per heavy atom. The highest BCUT2D eigenvalue weighted by atomic mass is 35.5. The second-order valence-corrected chi connectivity index (χ2v) is 9.68. The predicted octanol–water partition coefficient (Wildman–Crippen LogP) is 5.10. The van der Waals surface area contributed by atoms with Gasteiger partial charge < -0.3 is 20.3 Å². The number of carbonyl (C=O) groups is 1. The van der Waals surface area contributed by atoms with Crippen LogP contribution in [0.15, 0.2) is 65.8 Å². The number of thiophene rings is 1. The number of hydrogen-bond donors (Lipinski definition) is 3. The number of amides is 1. The molecule has 2 aromatic heterocycles. The van der Waals surface area contributed by atoms with Gasteiger partial charge in [-0.3, -0.25) is 9.79 Å². The minimum atomic E-state index is -0.217. The lowest BCUT2D eigenvalue weighted by Gasteiger charge is -2.07. The third-order valence-corrected chi connectivity index (χ3v) is 6.96. The zero-order chi connectivity index (χ0) is 22.8. The summed E-state index contributed by atoms with van der Waals surface area (Å²) in [6.45, 7) is 2.41. The summed E-state index contributed by atoms with van der Waals surface area (Å²) in [5.41, 5.74) is 3.08. The lowest BCUT2D eigenvalue weighted by molar-refractivity contribution is 0.103. The average molecular weight is 479 g/mol. The van der Waals surface area contributed by atoms with E-state index in [2.05, 4.69) is 39.9 Å². The van der Waals surface area contributed by atoms with Gasteiger partial charge in [-0.2, -0.15) is 0 Å². The maximum absolute atomic E-state index is 12.6. The van der Waals surface area contributed by atoms with Crippen molar-refractivity contribution in [3.05, 3.63) is 81.1 Å². The van der Waals surface area contributed by atoms with Crippen molar-refractivity contribution >= 4 is 51.1 Å². The van der Waals surface area contributed by atoms with Crippen LogP contribution < -0.4 is 10.6 Å². The van der Waals surface area contributed by atoms with Crippen LogP contribution in [0.3, 0.4) is 0 Å². The molecule has 0 spiro atoms. The number of aryl methyl sites for hydroxylation is 2. The monoisotopic (exact) mass is 478 g/mol. The summed E-state index contributed by atoms with van der Waals surface area (Å²) >= 11 is 7.19. The summed E-state index contributed by atoms with van der Waals surface area (Å²) < 4.78 is 2.40. The number of aromatic nitrogens is 1. The molecular formula is C25H23ClN4O2S. The minimum absolute atomic E-state index is 0.196. The maximum atomic E-state index is 12.6. The number of amidine groups is 1. The van der Waals surface area contributed by atoms with Crippen LogP contribution in [0.1, 0.15) is 20.8 Å². The summed E-state index contributed by atoms with van der Waals surface area (Å²) in [5.74, 6) is 1.03. The Labute approximate surface area is 200 Å². The highest BCUT2D eigenvalue weighted by Gasteiger charge is 2.15. The van der Waals surface area contributed by atoms with E-state index in [1.54, 1.807) is 12.1 Å². The van der Waals surface area contributed by atoms with E-state index in [1.807, 2.05) is 29.0 Å². The molecule has 0 aliphatic carbocycles. The molecule has 0 unspecified atom stereocenters. The van der Waals surface area contributed by atoms with E-state index in [1.165, 1.54) is 22.5 Å². The second-order valence-electron chi connectivity index (χ2n) is 7.97. The number of nitrogens with zero attached hydrogens (tertiary/aromatic N) is 2. The lowest BCUT2D eigenvalue weighted by atomic mass is 10.1. The number of hydrogen-bond acceptors (Lipinski definition) is 5. The number of benzene rings is 2. The standard InChI is InChI=1S/C25H23ClN4O2S/c26-22-9-8-21(33-22)24(31)29-20-3-1-2-18-19(20)15-30(25(18)32)13-10-16-4-6-17(7-5-16)14-23-27-11-12-28-23/h1-9,15,32H,10-14H2,(H,27,28)(H,29,31). The topological polar surface area (TPSA) is 78.7 Å². The van der Waals surface area contributed by atoms with Crippen molar-refractivity contribution in [2.45, 2.75) is 19.4 Å². The number of fused-ring (bicyclic) bond motifs is 1. The first kappa shape index (κ1) is 21.6. The van der Waals surface area contributed by atoms with Crippen molar-refractivity contribution in [2.75, 3.05) is 18.4 Å². The summed E-state index contributed by atoms with van der Waals surface area (Å²) in [5, 5.41) is 18.5. The van der Waals surface area contributed by atoms with Gasteiger partial charge in [0.1, 0.15) is 5.84 Å². The number of aliphatic imine (C=N–C) groups is 1. The molecule has 8 heteroatoms. The molecule has 3 N–H and O–H groups in total. The van der Waals surface area contributed by atoms with E-state index < -0.39 is 0 Å². The third kappa shape index (κ3) is 4.74. The van der Waals surface area contributed by atoms with Gasteiger partial charge in [0.2, 0.25) is 0 Å². The van der Waals surface area contributed by atoms with Crippen molar-refractivity contribution < 1.29 is 9.90 Å². The van der Waals surface area contributed by atoms with Crippen LogP contribution in [0.5, 0.6) is 5.88 Å². The smallest absolute Gasteiger partial charge is 0.265 e. The predicted molar refractivity (Wildman–Crippen MR) is 135 cm³/mol. The first-order valence-corrected chi connectivity index (χ1v) is 12.0. The first-order valence-electron chi connectivity index (χ1n) is 10.8. The Morgan fingerprint density at radius 1 is 1.12 bits per heavy atom. The summed E-state index contributed by atoms with van der Waals surface area (Å²) in [6, 6.07) is 17.4. The zero-order valence-electron chi connectivity index (χ0n) is 17.8. The highest BCUT2D eigenvalue weighted by molar-refractivity contribution is 7.18. The van der Waals surface area contributed by atoms with Gasteiger partial charge in [0.25, 0.3) is 5.91 Å². The van der Waals surface area contributed by atoms with Crippen molar-refractivity contribution in [1.82, 2.24) is 9.88 Å². The Hall–Kier alpha value is -3.29. The summed E-state index contributed by atoms with van der Waals surface area (Å²) in [6.07, 6.45) is 3.50. The molecule has 0 fully saturated rings. The van der Waals surface area contributed by atoms with Gasteiger partial charge in [-0.05, 0) is 41.8 Å². The molecular weight excluding hydrogens is 456 g/mol. The maximum Gasteiger partial charge on any atom is 0.265 e. The molecule has 0 bridgehead atoms. The lowest BCUT2D eigenvalue weighted by Crippen LogP contribution is -2.20. The van der Waals surface area contributed by atoms with Crippen LogP contribution in [0.4, 0.5) is 5.69 Å².